The Balaban J connectivity index is 1.28. The fourth-order valence-electron chi connectivity index (χ4n) is 3.34. The van der Waals surface area contributed by atoms with Crippen LogP contribution in [-0.2, 0) is 4.79 Å². The van der Waals surface area contributed by atoms with Crippen molar-refractivity contribution in [3.8, 4) is 0 Å². The monoisotopic (exact) mass is 391 g/mol. The molecule has 26 heavy (non-hydrogen) atoms. The van der Waals surface area contributed by atoms with Crippen LogP contribution >= 0.6 is 23.1 Å². The summed E-state index contributed by atoms with van der Waals surface area (Å²) < 4.78 is 5.20. The molecule has 4 heterocycles. The van der Waals surface area contributed by atoms with E-state index in [9.17, 15) is 9.59 Å². The van der Waals surface area contributed by atoms with Crippen molar-refractivity contribution < 1.29 is 14.0 Å². The van der Waals surface area contributed by atoms with Crippen molar-refractivity contribution in [1.82, 2.24) is 14.7 Å². The van der Waals surface area contributed by atoms with Crippen LogP contribution in [0.5, 0.6) is 0 Å². The minimum Gasteiger partial charge on any atom is -0.459 e. The zero-order valence-corrected chi connectivity index (χ0v) is 16.0. The van der Waals surface area contributed by atoms with Gasteiger partial charge in [-0.1, -0.05) is 6.07 Å². The largest absolute Gasteiger partial charge is 0.459 e. The molecular formula is C18H21N3O3S2. The van der Waals surface area contributed by atoms with Gasteiger partial charge in [0.05, 0.1) is 12.0 Å². The Kier molecular flexibility index (Phi) is 5.33. The van der Waals surface area contributed by atoms with Crippen LogP contribution in [0.4, 0.5) is 0 Å². The number of thioether (sulfide) groups is 1. The van der Waals surface area contributed by atoms with Crippen LogP contribution in [0.1, 0.15) is 20.8 Å². The highest BCUT2D eigenvalue weighted by molar-refractivity contribution is 8.00. The lowest BCUT2D eigenvalue weighted by molar-refractivity contribution is -0.128. The summed E-state index contributed by atoms with van der Waals surface area (Å²) in [5.74, 6) is 1.14. The number of rotatable bonds is 5. The molecule has 2 aromatic rings. The van der Waals surface area contributed by atoms with Gasteiger partial charge >= 0.3 is 0 Å². The van der Waals surface area contributed by atoms with Gasteiger partial charge in [-0.25, -0.2) is 0 Å². The maximum Gasteiger partial charge on any atom is 0.289 e. The van der Waals surface area contributed by atoms with Gasteiger partial charge in [-0.3, -0.25) is 14.5 Å². The fourth-order valence-corrected chi connectivity index (χ4v) is 5.54. The molecule has 0 aliphatic carbocycles. The van der Waals surface area contributed by atoms with E-state index in [1.807, 2.05) is 15.9 Å². The molecule has 2 saturated heterocycles. The van der Waals surface area contributed by atoms with Crippen molar-refractivity contribution in [2.45, 2.75) is 5.37 Å². The lowest BCUT2D eigenvalue weighted by atomic mass is 10.2. The summed E-state index contributed by atoms with van der Waals surface area (Å²) in [7, 11) is 0. The molecule has 0 aromatic carbocycles. The average Bonchev–Trinajstić information content (AvgIpc) is 3.42. The highest BCUT2D eigenvalue weighted by Gasteiger charge is 2.33. The Hall–Kier alpha value is -1.77. The van der Waals surface area contributed by atoms with Gasteiger partial charge in [0.1, 0.15) is 5.37 Å². The molecule has 0 radical (unpaired) electrons. The number of hydrogen-bond donors (Lipinski definition) is 0. The molecule has 2 fully saturated rings. The van der Waals surface area contributed by atoms with E-state index in [0.29, 0.717) is 24.6 Å². The van der Waals surface area contributed by atoms with Crippen molar-refractivity contribution in [3.05, 3.63) is 46.5 Å². The standard InChI is InChI=1S/C18H21N3O3S2/c22-16-13-26-18(15-4-2-12-25-15)21(16)10-7-19-5-8-20(9-6-19)17(23)14-3-1-11-24-14/h1-4,11-12,18H,5-10,13H2. The highest BCUT2D eigenvalue weighted by Crippen LogP contribution is 2.40. The first-order valence-corrected chi connectivity index (χ1v) is 10.6. The lowest BCUT2D eigenvalue weighted by Gasteiger charge is -2.35. The van der Waals surface area contributed by atoms with Crippen molar-refractivity contribution in [2.75, 3.05) is 45.0 Å². The molecule has 2 aliphatic heterocycles. The number of piperazine rings is 1. The van der Waals surface area contributed by atoms with Gasteiger partial charge in [0, 0.05) is 44.1 Å². The number of furan rings is 1. The third-order valence-corrected chi connectivity index (χ3v) is 7.11. The summed E-state index contributed by atoms with van der Waals surface area (Å²) in [4.78, 5) is 32.0. The third-order valence-electron chi connectivity index (χ3n) is 4.80. The molecular weight excluding hydrogens is 370 g/mol. The number of amides is 2. The molecule has 2 aromatic heterocycles. The quantitative estimate of drug-likeness (QED) is 0.783. The maximum atomic E-state index is 12.3. The molecule has 6 nitrogen and oxygen atoms in total. The van der Waals surface area contributed by atoms with E-state index < -0.39 is 0 Å². The molecule has 0 saturated carbocycles. The summed E-state index contributed by atoms with van der Waals surface area (Å²) in [6.07, 6.45) is 1.53. The second-order valence-corrected chi connectivity index (χ2v) is 8.42. The fraction of sp³-hybridized carbons (Fsp3) is 0.444. The minimum atomic E-state index is -0.0430. The van der Waals surface area contributed by atoms with E-state index in [1.54, 1.807) is 35.2 Å². The van der Waals surface area contributed by atoms with Gasteiger partial charge in [-0.15, -0.1) is 23.1 Å². The van der Waals surface area contributed by atoms with Crippen molar-refractivity contribution in [3.63, 3.8) is 0 Å². The van der Waals surface area contributed by atoms with E-state index in [4.69, 9.17) is 4.42 Å². The van der Waals surface area contributed by atoms with Crippen LogP contribution in [0.3, 0.4) is 0 Å². The van der Waals surface area contributed by atoms with E-state index in [-0.39, 0.29) is 17.2 Å². The van der Waals surface area contributed by atoms with Gasteiger partial charge < -0.3 is 14.2 Å². The number of thiophene rings is 1. The average molecular weight is 392 g/mol. The molecule has 1 atom stereocenters. The summed E-state index contributed by atoms with van der Waals surface area (Å²) in [5.41, 5.74) is 0. The van der Waals surface area contributed by atoms with Crippen LogP contribution in [0.25, 0.3) is 0 Å². The predicted molar refractivity (Wildman–Crippen MR) is 102 cm³/mol. The van der Waals surface area contributed by atoms with Crippen molar-refractivity contribution in [1.29, 1.82) is 0 Å². The molecule has 8 heteroatoms. The molecule has 2 amide bonds. The molecule has 0 spiro atoms. The first kappa shape index (κ1) is 17.6. The van der Waals surface area contributed by atoms with Gasteiger partial charge in [0.25, 0.3) is 5.91 Å². The summed E-state index contributed by atoms with van der Waals surface area (Å²) in [6.45, 7) is 4.61. The smallest absolute Gasteiger partial charge is 0.289 e. The number of nitrogens with zero attached hydrogens (tertiary/aromatic N) is 3. The number of carbonyl (C=O) groups excluding carboxylic acids is 2. The Morgan fingerprint density at radius 3 is 2.69 bits per heavy atom. The lowest BCUT2D eigenvalue weighted by Crippen LogP contribution is -2.50. The Labute approximate surface area is 160 Å². The van der Waals surface area contributed by atoms with Crippen LogP contribution in [0.15, 0.2) is 40.3 Å². The van der Waals surface area contributed by atoms with Crippen LogP contribution in [0.2, 0.25) is 0 Å². The second-order valence-electron chi connectivity index (χ2n) is 6.38. The Morgan fingerprint density at radius 1 is 1.15 bits per heavy atom. The zero-order chi connectivity index (χ0) is 17.9. The van der Waals surface area contributed by atoms with E-state index in [2.05, 4.69) is 16.3 Å². The van der Waals surface area contributed by atoms with E-state index in [0.717, 1.165) is 26.2 Å². The van der Waals surface area contributed by atoms with Crippen LogP contribution in [-0.4, -0.2) is 71.5 Å². The molecule has 138 valence electrons. The van der Waals surface area contributed by atoms with Gasteiger partial charge in [0.15, 0.2) is 5.76 Å². The normalized spacial score (nSPS) is 21.5. The van der Waals surface area contributed by atoms with E-state index in [1.165, 1.54) is 11.1 Å². The third kappa shape index (κ3) is 3.67. The van der Waals surface area contributed by atoms with Crippen molar-refractivity contribution in [2.24, 2.45) is 0 Å². The maximum absolute atomic E-state index is 12.3. The van der Waals surface area contributed by atoms with E-state index >= 15 is 0 Å². The van der Waals surface area contributed by atoms with Crippen LogP contribution < -0.4 is 0 Å². The summed E-state index contributed by atoms with van der Waals surface area (Å²) >= 11 is 3.42. The number of hydrogen-bond acceptors (Lipinski definition) is 6. The molecule has 0 N–H and O–H groups in total. The second kappa shape index (κ2) is 7.85. The Bertz CT molecular complexity index is 740. The van der Waals surface area contributed by atoms with Crippen LogP contribution in [0, 0.1) is 0 Å². The Morgan fingerprint density at radius 2 is 2.00 bits per heavy atom. The van der Waals surface area contributed by atoms with Gasteiger partial charge in [0.2, 0.25) is 5.91 Å². The SMILES string of the molecule is O=C(c1ccco1)N1CCN(CCN2C(=O)CSC2c2cccs2)CC1. The molecule has 1 unspecified atom stereocenters. The molecule has 4 rings (SSSR count). The highest BCUT2D eigenvalue weighted by atomic mass is 32.2. The summed E-state index contributed by atoms with van der Waals surface area (Å²) in [6, 6.07) is 7.58. The van der Waals surface area contributed by atoms with Gasteiger partial charge in [-0.05, 0) is 23.6 Å². The predicted octanol–water partition coefficient (Wildman–Crippen LogP) is 2.37. The first-order chi connectivity index (χ1) is 12.7. The van der Waals surface area contributed by atoms with Crippen molar-refractivity contribution >= 4 is 34.9 Å². The first-order valence-electron chi connectivity index (χ1n) is 8.72. The van der Waals surface area contributed by atoms with Gasteiger partial charge in [-0.2, -0.15) is 0 Å². The number of carbonyl (C=O) groups is 2. The topological polar surface area (TPSA) is 57.0 Å². The molecule has 2 aliphatic rings. The molecule has 0 bridgehead atoms. The minimum absolute atomic E-state index is 0.0430. The zero-order valence-electron chi connectivity index (χ0n) is 14.4. The summed E-state index contributed by atoms with van der Waals surface area (Å²) in [5, 5.41) is 2.22.